The van der Waals surface area contributed by atoms with Crippen LogP contribution in [-0.4, -0.2) is 0 Å². The van der Waals surface area contributed by atoms with Crippen molar-refractivity contribution in [3.63, 3.8) is 0 Å². The van der Waals surface area contributed by atoms with Crippen LogP contribution >= 0.6 is 11.3 Å². The number of nitrogens with two attached hydrogens (primary N) is 1. The van der Waals surface area contributed by atoms with Gasteiger partial charge in [0.05, 0.1) is 4.88 Å². The highest BCUT2D eigenvalue weighted by Crippen LogP contribution is 2.27. The van der Waals surface area contributed by atoms with Crippen molar-refractivity contribution in [3.05, 3.63) is 34.0 Å². The molecule has 0 aliphatic carbocycles. The minimum Gasteiger partial charge on any atom is -0.398 e. The third-order valence-corrected chi connectivity index (χ3v) is 3.41. The summed E-state index contributed by atoms with van der Waals surface area (Å²) in [6.07, 6.45) is 1.85. The lowest BCUT2D eigenvalue weighted by Gasteiger charge is -2.10. The zero-order valence-electron chi connectivity index (χ0n) is 9.00. The maximum absolute atomic E-state index is 6.10. The first-order valence-corrected chi connectivity index (χ1v) is 5.62. The standard InChI is InChI=1S/C12H17NS/c1-5-10-6-7-14-12(10)11(13)9(4)8(2)3/h5-8H,1,13H2,2-4H3/b11-9-. The molecule has 0 aromatic carbocycles. The average Bonchev–Trinajstić information content (AvgIpc) is 2.62. The number of hydrogen-bond donors (Lipinski definition) is 1. The van der Waals surface area contributed by atoms with E-state index in [1.807, 2.05) is 17.5 Å². The molecule has 1 aromatic rings. The fraction of sp³-hybridized carbons (Fsp3) is 0.333. The van der Waals surface area contributed by atoms with Crippen molar-refractivity contribution in [2.45, 2.75) is 20.8 Å². The number of rotatable bonds is 3. The molecule has 2 heteroatoms. The van der Waals surface area contributed by atoms with E-state index in [-0.39, 0.29) is 0 Å². The predicted molar refractivity (Wildman–Crippen MR) is 66.0 cm³/mol. The van der Waals surface area contributed by atoms with E-state index in [9.17, 15) is 0 Å². The van der Waals surface area contributed by atoms with Crippen molar-refractivity contribution in [3.8, 4) is 0 Å². The largest absolute Gasteiger partial charge is 0.398 e. The molecule has 0 aliphatic rings. The Hall–Kier alpha value is -1.02. The quantitative estimate of drug-likeness (QED) is 0.803. The fourth-order valence-electron chi connectivity index (χ4n) is 1.19. The van der Waals surface area contributed by atoms with E-state index in [1.54, 1.807) is 11.3 Å². The molecular formula is C12H17NS. The van der Waals surface area contributed by atoms with Crippen LogP contribution in [-0.2, 0) is 0 Å². The summed E-state index contributed by atoms with van der Waals surface area (Å²) in [5, 5.41) is 2.05. The number of allylic oxidation sites excluding steroid dienone is 1. The summed E-state index contributed by atoms with van der Waals surface area (Å²) >= 11 is 1.67. The molecule has 0 aliphatic heterocycles. The Labute approximate surface area is 90.0 Å². The molecule has 0 saturated heterocycles. The molecule has 14 heavy (non-hydrogen) atoms. The lowest BCUT2D eigenvalue weighted by atomic mass is 10.0. The number of hydrogen-bond acceptors (Lipinski definition) is 2. The zero-order chi connectivity index (χ0) is 10.7. The second-order valence-electron chi connectivity index (χ2n) is 3.66. The Morgan fingerprint density at radius 1 is 1.57 bits per heavy atom. The van der Waals surface area contributed by atoms with Gasteiger partial charge < -0.3 is 5.73 Å². The van der Waals surface area contributed by atoms with Crippen LogP contribution in [0.5, 0.6) is 0 Å². The van der Waals surface area contributed by atoms with Gasteiger partial charge in [0, 0.05) is 5.70 Å². The fourth-order valence-corrected chi connectivity index (χ4v) is 2.12. The summed E-state index contributed by atoms with van der Waals surface area (Å²) in [4.78, 5) is 1.14. The first kappa shape index (κ1) is 11.1. The van der Waals surface area contributed by atoms with Crippen LogP contribution in [0.25, 0.3) is 11.8 Å². The molecule has 1 aromatic heterocycles. The Morgan fingerprint density at radius 3 is 2.71 bits per heavy atom. The van der Waals surface area contributed by atoms with Crippen molar-refractivity contribution in [1.29, 1.82) is 0 Å². The van der Waals surface area contributed by atoms with Gasteiger partial charge in [-0.25, -0.2) is 0 Å². The average molecular weight is 207 g/mol. The van der Waals surface area contributed by atoms with Gasteiger partial charge in [-0.05, 0) is 35.4 Å². The predicted octanol–water partition coefficient (Wildman–Crippen LogP) is 3.74. The molecule has 1 heterocycles. The van der Waals surface area contributed by atoms with Crippen molar-refractivity contribution in [1.82, 2.24) is 0 Å². The summed E-state index contributed by atoms with van der Waals surface area (Å²) in [6, 6.07) is 2.05. The van der Waals surface area contributed by atoms with Crippen molar-refractivity contribution >= 4 is 23.1 Å². The van der Waals surface area contributed by atoms with Crippen molar-refractivity contribution < 1.29 is 0 Å². The van der Waals surface area contributed by atoms with E-state index in [0.29, 0.717) is 5.92 Å². The molecule has 0 atom stereocenters. The minimum atomic E-state index is 0.495. The molecule has 0 radical (unpaired) electrons. The zero-order valence-corrected chi connectivity index (χ0v) is 9.82. The maximum Gasteiger partial charge on any atom is 0.0571 e. The minimum absolute atomic E-state index is 0.495. The summed E-state index contributed by atoms with van der Waals surface area (Å²) in [5.74, 6) is 0.495. The van der Waals surface area contributed by atoms with Gasteiger partial charge in [0.2, 0.25) is 0 Å². The molecule has 0 saturated carbocycles. The molecule has 0 fully saturated rings. The van der Waals surface area contributed by atoms with E-state index in [1.165, 1.54) is 5.57 Å². The third kappa shape index (κ3) is 2.07. The summed E-state index contributed by atoms with van der Waals surface area (Å²) in [5.41, 5.74) is 9.39. The molecule has 0 unspecified atom stereocenters. The van der Waals surface area contributed by atoms with Gasteiger partial charge in [0.15, 0.2) is 0 Å². The van der Waals surface area contributed by atoms with Gasteiger partial charge >= 0.3 is 0 Å². The van der Waals surface area contributed by atoms with E-state index in [4.69, 9.17) is 5.73 Å². The molecule has 0 amide bonds. The van der Waals surface area contributed by atoms with Crippen LogP contribution in [0.3, 0.4) is 0 Å². The number of thiophene rings is 1. The van der Waals surface area contributed by atoms with Gasteiger partial charge in [-0.15, -0.1) is 11.3 Å². The summed E-state index contributed by atoms with van der Waals surface area (Å²) < 4.78 is 0. The van der Waals surface area contributed by atoms with Crippen LogP contribution in [0.15, 0.2) is 23.6 Å². The van der Waals surface area contributed by atoms with Gasteiger partial charge in [0.25, 0.3) is 0 Å². The lowest BCUT2D eigenvalue weighted by Crippen LogP contribution is -2.03. The Kier molecular flexibility index (Phi) is 3.53. The normalized spacial score (nSPS) is 12.9. The highest BCUT2D eigenvalue weighted by atomic mass is 32.1. The second-order valence-corrected chi connectivity index (χ2v) is 4.58. The topological polar surface area (TPSA) is 26.0 Å². The van der Waals surface area contributed by atoms with Crippen LogP contribution in [0, 0.1) is 5.92 Å². The lowest BCUT2D eigenvalue weighted by molar-refractivity contribution is 0.770. The highest BCUT2D eigenvalue weighted by Gasteiger charge is 2.09. The Bertz CT molecular complexity index is 358. The van der Waals surface area contributed by atoms with E-state index in [2.05, 4.69) is 27.4 Å². The molecule has 1 rings (SSSR count). The maximum atomic E-state index is 6.10. The molecule has 0 spiro atoms. The van der Waals surface area contributed by atoms with Crippen LogP contribution in [0.2, 0.25) is 0 Å². The first-order valence-electron chi connectivity index (χ1n) is 4.74. The molecule has 0 bridgehead atoms. The second kappa shape index (κ2) is 4.47. The van der Waals surface area contributed by atoms with Crippen LogP contribution in [0.4, 0.5) is 0 Å². The van der Waals surface area contributed by atoms with Gasteiger partial charge in [-0.3, -0.25) is 0 Å². The van der Waals surface area contributed by atoms with Crippen molar-refractivity contribution in [2.24, 2.45) is 11.7 Å². The molecular weight excluding hydrogens is 190 g/mol. The smallest absolute Gasteiger partial charge is 0.0571 e. The van der Waals surface area contributed by atoms with Gasteiger partial charge in [-0.2, -0.15) is 0 Å². The molecule has 2 N–H and O–H groups in total. The van der Waals surface area contributed by atoms with E-state index >= 15 is 0 Å². The third-order valence-electron chi connectivity index (χ3n) is 2.45. The van der Waals surface area contributed by atoms with Crippen LogP contribution in [0.1, 0.15) is 31.2 Å². The van der Waals surface area contributed by atoms with Crippen molar-refractivity contribution in [2.75, 3.05) is 0 Å². The molecule has 1 nitrogen and oxygen atoms in total. The van der Waals surface area contributed by atoms with E-state index < -0.39 is 0 Å². The first-order chi connectivity index (χ1) is 6.57. The van der Waals surface area contributed by atoms with E-state index in [0.717, 1.165) is 16.1 Å². The van der Waals surface area contributed by atoms with Gasteiger partial charge in [0.1, 0.15) is 0 Å². The Morgan fingerprint density at radius 2 is 2.21 bits per heavy atom. The SMILES string of the molecule is C=Cc1ccsc1/C(N)=C(\C)C(C)C. The van der Waals surface area contributed by atoms with Gasteiger partial charge in [-0.1, -0.05) is 26.5 Å². The summed E-state index contributed by atoms with van der Waals surface area (Å²) in [7, 11) is 0. The summed E-state index contributed by atoms with van der Waals surface area (Å²) in [6.45, 7) is 10.2. The monoisotopic (exact) mass is 207 g/mol. The van der Waals surface area contributed by atoms with Crippen LogP contribution < -0.4 is 5.73 Å². The highest BCUT2D eigenvalue weighted by molar-refractivity contribution is 7.11. The molecule has 76 valence electrons. The Balaban J connectivity index is 3.17.